The van der Waals surface area contributed by atoms with Crippen molar-refractivity contribution in [2.45, 2.75) is 12.8 Å². The van der Waals surface area contributed by atoms with E-state index in [1.807, 2.05) is 24.3 Å². The molecule has 0 aromatic heterocycles. The molecule has 1 aromatic carbocycles. The summed E-state index contributed by atoms with van der Waals surface area (Å²) in [5.41, 5.74) is 1.06. The second kappa shape index (κ2) is 5.55. The summed E-state index contributed by atoms with van der Waals surface area (Å²) < 4.78 is 0. The average Bonchev–Trinajstić information content (AvgIpc) is 2.30. The molecule has 1 aliphatic heterocycles. The summed E-state index contributed by atoms with van der Waals surface area (Å²) in [4.78, 5) is 2.39. The maximum atomic E-state index is 6.09. The van der Waals surface area contributed by atoms with Crippen LogP contribution in [0.4, 0.5) is 5.69 Å². The highest BCUT2D eigenvalue weighted by Gasteiger charge is 2.16. The van der Waals surface area contributed by atoms with Crippen molar-refractivity contribution < 1.29 is 0 Å². The average molecular weight is 239 g/mol. The number of piperidine rings is 1. The fourth-order valence-corrected chi connectivity index (χ4v) is 2.33. The van der Waals surface area contributed by atoms with Crippen LogP contribution in [0.3, 0.4) is 0 Å². The van der Waals surface area contributed by atoms with Gasteiger partial charge in [0.1, 0.15) is 0 Å². The number of rotatable bonds is 3. The molecule has 0 saturated carbocycles. The molecule has 0 spiro atoms. The fourth-order valence-electron chi connectivity index (χ4n) is 2.13. The Morgan fingerprint density at radius 1 is 1.31 bits per heavy atom. The van der Waals surface area contributed by atoms with Crippen molar-refractivity contribution in [2.75, 3.05) is 32.0 Å². The number of para-hydroxylation sites is 1. The summed E-state index contributed by atoms with van der Waals surface area (Å²) in [6.45, 7) is 3.47. The number of nitrogens with one attached hydrogen (secondary N) is 1. The van der Waals surface area contributed by atoms with Gasteiger partial charge < -0.3 is 10.2 Å². The van der Waals surface area contributed by atoms with Crippen LogP contribution in [-0.2, 0) is 0 Å². The largest absolute Gasteiger partial charge is 0.384 e. The molecule has 0 bridgehead atoms. The monoisotopic (exact) mass is 238 g/mol. The maximum Gasteiger partial charge on any atom is 0.0637 e. The minimum absolute atomic E-state index is 0.785. The Bertz CT molecular complexity index is 332. The third-order valence-electron chi connectivity index (χ3n) is 3.29. The number of nitrogens with zero attached hydrogens (tertiary/aromatic N) is 1. The molecular weight excluding hydrogens is 220 g/mol. The van der Waals surface area contributed by atoms with E-state index in [2.05, 4.69) is 17.3 Å². The van der Waals surface area contributed by atoms with Crippen molar-refractivity contribution >= 4 is 17.3 Å². The minimum atomic E-state index is 0.785. The number of hydrogen-bond acceptors (Lipinski definition) is 2. The molecule has 0 unspecified atom stereocenters. The van der Waals surface area contributed by atoms with Crippen LogP contribution in [0.5, 0.6) is 0 Å². The van der Waals surface area contributed by atoms with E-state index in [0.29, 0.717) is 0 Å². The topological polar surface area (TPSA) is 15.3 Å². The first-order valence-corrected chi connectivity index (χ1v) is 6.30. The van der Waals surface area contributed by atoms with Gasteiger partial charge in [-0.15, -0.1) is 0 Å². The summed E-state index contributed by atoms with van der Waals surface area (Å²) in [7, 11) is 2.19. The number of likely N-dealkylation sites (tertiary alicyclic amines) is 1. The lowest BCUT2D eigenvalue weighted by molar-refractivity contribution is 0.226. The first-order valence-electron chi connectivity index (χ1n) is 5.92. The third-order valence-corrected chi connectivity index (χ3v) is 3.62. The molecule has 3 heteroatoms. The normalized spacial score (nSPS) is 18.6. The number of hydrogen-bond donors (Lipinski definition) is 1. The van der Waals surface area contributed by atoms with Crippen LogP contribution < -0.4 is 5.32 Å². The van der Waals surface area contributed by atoms with Crippen molar-refractivity contribution in [1.82, 2.24) is 4.90 Å². The van der Waals surface area contributed by atoms with E-state index in [4.69, 9.17) is 11.6 Å². The van der Waals surface area contributed by atoms with Crippen LogP contribution in [0.15, 0.2) is 24.3 Å². The minimum Gasteiger partial charge on any atom is -0.384 e. The van der Waals surface area contributed by atoms with Gasteiger partial charge >= 0.3 is 0 Å². The zero-order valence-electron chi connectivity index (χ0n) is 9.75. The molecule has 0 atom stereocenters. The molecule has 0 amide bonds. The van der Waals surface area contributed by atoms with E-state index in [1.54, 1.807) is 0 Å². The summed E-state index contributed by atoms with van der Waals surface area (Å²) in [5.74, 6) is 0.785. The van der Waals surface area contributed by atoms with Gasteiger partial charge in [-0.1, -0.05) is 23.7 Å². The molecular formula is C13H19ClN2. The van der Waals surface area contributed by atoms with Crippen LogP contribution in [-0.4, -0.2) is 31.6 Å². The van der Waals surface area contributed by atoms with Crippen LogP contribution in [0.2, 0.25) is 5.02 Å². The molecule has 2 rings (SSSR count). The Morgan fingerprint density at radius 2 is 2.00 bits per heavy atom. The van der Waals surface area contributed by atoms with Crippen molar-refractivity contribution in [3.05, 3.63) is 29.3 Å². The Hall–Kier alpha value is -0.730. The standard InChI is InChI=1S/C13H19ClN2/c1-16-8-6-11(7-9-16)10-15-13-5-3-2-4-12(13)14/h2-5,11,15H,6-10H2,1H3. The predicted octanol–water partition coefficient (Wildman–Crippen LogP) is 3.09. The molecule has 88 valence electrons. The van der Waals surface area contributed by atoms with Gasteiger partial charge in [0.05, 0.1) is 10.7 Å². The van der Waals surface area contributed by atoms with Gasteiger partial charge in [-0.3, -0.25) is 0 Å². The molecule has 1 heterocycles. The summed E-state index contributed by atoms with van der Waals surface area (Å²) in [6, 6.07) is 7.95. The van der Waals surface area contributed by atoms with E-state index >= 15 is 0 Å². The van der Waals surface area contributed by atoms with Crippen LogP contribution in [0, 0.1) is 5.92 Å². The highest BCUT2D eigenvalue weighted by molar-refractivity contribution is 6.33. The highest BCUT2D eigenvalue weighted by atomic mass is 35.5. The van der Waals surface area contributed by atoms with E-state index in [1.165, 1.54) is 25.9 Å². The molecule has 1 saturated heterocycles. The number of anilines is 1. The lowest BCUT2D eigenvalue weighted by atomic mass is 9.97. The van der Waals surface area contributed by atoms with E-state index in [0.717, 1.165) is 23.2 Å². The third kappa shape index (κ3) is 3.13. The van der Waals surface area contributed by atoms with E-state index in [9.17, 15) is 0 Å². The van der Waals surface area contributed by atoms with Crippen molar-refractivity contribution in [1.29, 1.82) is 0 Å². The molecule has 1 aromatic rings. The molecule has 2 nitrogen and oxygen atoms in total. The summed E-state index contributed by atoms with van der Waals surface area (Å²) in [6.07, 6.45) is 2.57. The fraction of sp³-hybridized carbons (Fsp3) is 0.538. The maximum absolute atomic E-state index is 6.09. The zero-order valence-corrected chi connectivity index (χ0v) is 10.5. The quantitative estimate of drug-likeness (QED) is 0.871. The van der Waals surface area contributed by atoms with Gasteiger partial charge in [-0.05, 0) is 51.0 Å². The van der Waals surface area contributed by atoms with Gasteiger partial charge in [0.2, 0.25) is 0 Å². The predicted molar refractivity (Wildman–Crippen MR) is 70.2 cm³/mol. The highest BCUT2D eigenvalue weighted by Crippen LogP contribution is 2.22. The Kier molecular flexibility index (Phi) is 4.08. The molecule has 1 aliphatic rings. The molecule has 0 aliphatic carbocycles. The van der Waals surface area contributed by atoms with E-state index in [-0.39, 0.29) is 0 Å². The van der Waals surface area contributed by atoms with Crippen molar-refractivity contribution in [3.8, 4) is 0 Å². The first kappa shape index (κ1) is 11.7. The molecule has 16 heavy (non-hydrogen) atoms. The first-order chi connectivity index (χ1) is 7.75. The molecule has 1 fully saturated rings. The second-order valence-corrected chi connectivity index (χ2v) is 5.01. The molecule has 0 radical (unpaired) electrons. The number of halogens is 1. The smallest absolute Gasteiger partial charge is 0.0637 e. The van der Waals surface area contributed by atoms with Crippen LogP contribution >= 0.6 is 11.6 Å². The summed E-state index contributed by atoms with van der Waals surface area (Å²) in [5, 5.41) is 4.26. The summed E-state index contributed by atoms with van der Waals surface area (Å²) >= 11 is 6.09. The lowest BCUT2D eigenvalue weighted by Crippen LogP contribution is -2.32. The van der Waals surface area contributed by atoms with E-state index < -0.39 is 0 Å². The molecule has 1 N–H and O–H groups in total. The lowest BCUT2D eigenvalue weighted by Gasteiger charge is -2.29. The van der Waals surface area contributed by atoms with Crippen LogP contribution in [0.25, 0.3) is 0 Å². The second-order valence-electron chi connectivity index (χ2n) is 4.61. The van der Waals surface area contributed by atoms with Gasteiger partial charge in [0.15, 0.2) is 0 Å². The van der Waals surface area contributed by atoms with Gasteiger partial charge in [-0.2, -0.15) is 0 Å². The zero-order chi connectivity index (χ0) is 11.4. The Morgan fingerprint density at radius 3 is 2.69 bits per heavy atom. The van der Waals surface area contributed by atoms with Crippen molar-refractivity contribution in [2.24, 2.45) is 5.92 Å². The van der Waals surface area contributed by atoms with Gasteiger partial charge in [0.25, 0.3) is 0 Å². The Balaban J connectivity index is 1.81. The van der Waals surface area contributed by atoms with Crippen molar-refractivity contribution in [3.63, 3.8) is 0 Å². The number of benzene rings is 1. The van der Waals surface area contributed by atoms with Gasteiger partial charge in [-0.25, -0.2) is 0 Å². The van der Waals surface area contributed by atoms with Gasteiger partial charge in [0, 0.05) is 6.54 Å². The SMILES string of the molecule is CN1CCC(CNc2ccccc2Cl)CC1. The Labute approximate surface area is 103 Å². The van der Waals surface area contributed by atoms with Crippen LogP contribution in [0.1, 0.15) is 12.8 Å².